The number of phenolic OH excluding ortho intramolecular Hbond substituents is 1. The summed E-state index contributed by atoms with van der Waals surface area (Å²) in [5, 5.41) is 72.9. The van der Waals surface area contributed by atoms with Crippen LogP contribution in [0.4, 0.5) is 5.69 Å². The van der Waals surface area contributed by atoms with Crippen molar-refractivity contribution in [1.29, 1.82) is 0 Å². The van der Waals surface area contributed by atoms with Crippen LogP contribution in [0.1, 0.15) is 103 Å². The smallest absolute Gasteiger partial charge is 0.326 e. The number of rotatable bonds is 20. The summed E-state index contributed by atoms with van der Waals surface area (Å²) in [6, 6.07) is -1.42. The van der Waals surface area contributed by atoms with Crippen molar-refractivity contribution in [2.45, 2.75) is 122 Å². The van der Waals surface area contributed by atoms with Gasteiger partial charge in [0.25, 0.3) is 0 Å². The fourth-order valence-corrected chi connectivity index (χ4v) is 7.09. The lowest BCUT2D eigenvalue weighted by Gasteiger charge is -2.31. The summed E-state index contributed by atoms with van der Waals surface area (Å²) in [5.41, 5.74) is -1.27. The first-order valence-corrected chi connectivity index (χ1v) is 21.1. The third-order valence-corrected chi connectivity index (χ3v) is 11.3. The van der Waals surface area contributed by atoms with Gasteiger partial charge in [0, 0.05) is 32.5 Å². The first kappa shape index (κ1) is 51.4. The molecule has 0 radical (unpaired) electrons. The summed E-state index contributed by atoms with van der Waals surface area (Å²) in [6.45, 7) is 5.58. The van der Waals surface area contributed by atoms with Gasteiger partial charge in [-0.2, -0.15) is 0 Å². The second-order valence-electron chi connectivity index (χ2n) is 16.1. The van der Waals surface area contributed by atoms with Gasteiger partial charge in [-0.15, -0.1) is 5.23 Å². The van der Waals surface area contributed by atoms with E-state index >= 15 is 0 Å². The Kier molecular flexibility index (Phi) is 19.6. The molecule has 4 bridgehead atoms. The number of aromatic hydroxyl groups is 1. The molecule has 0 aromatic heterocycles. The number of fused-ring (bicyclic) bond motifs is 5. The second-order valence-corrected chi connectivity index (χ2v) is 16.1. The molecule has 0 aliphatic carbocycles. The SMILES string of the molecule is CC[C@@H](C)CCCCCCCCC(=O)N(C)[C@H](CO)C(=O)N[C@H](C)C(=O)NCC(=O)N(C)[C@H]1C(=O)N[C@@H](C)C(=O)N[C@@H](C(=O)O)Cc2cc(c([O-])c(N(O)O)c2)-c2cc1ccc2O. The lowest BCUT2D eigenvalue weighted by Crippen LogP contribution is -2.55. The van der Waals surface area contributed by atoms with Gasteiger partial charge in [-0.3, -0.25) is 39.2 Å². The molecule has 0 unspecified atom stereocenters. The quantitative estimate of drug-likeness (QED) is 0.0672. The highest BCUT2D eigenvalue weighted by Gasteiger charge is 2.34. The number of carboxylic acids is 1. The van der Waals surface area contributed by atoms with Gasteiger partial charge >= 0.3 is 5.97 Å². The van der Waals surface area contributed by atoms with E-state index in [1.807, 2.05) is 0 Å². The van der Waals surface area contributed by atoms with Crippen molar-refractivity contribution in [3.63, 3.8) is 0 Å². The lowest BCUT2D eigenvalue weighted by molar-refractivity contribution is -0.267. The van der Waals surface area contributed by atoms with E-state index in [1.165, 1.54) is 65.4 Å². The number of anilines is 1. The van der Waals surface area contributed by atoms with E-state index in [9.17, 15) is 64.4 Å². The highest BCUT2D eigenvalue weighted by Crippen LogP contribution is 2.42. The van der Waals surface area contributed by atoms with Gasteiger partial charge in [-0.05, 0) is 61.1 Å². The first-order valence-electron chi connectivity index (χ1n) is 21.1. The molecule has 348 valence electrons. The van der Waals surface area contributed by atoms with Crippen molar-refractivity contribution in [3.05, 3.63) is 41.5 Å². The standard InChI is InChI=1S/C43H63N7O13/c1-7-24(2)14-12-10-8-9-11-13-15-35(53)48(5)33(23-51)41(58)45-25(3)39(56)44-22-36(54)49(6)37-28-16-17-34(52)29(21-28)30-18-27(20-32(38(30)55)50(62)63)19-31(43(60)61)47-40(57)26(4)46-42(37)59/h16-18,20-21,24-26,31,33,37,51-52,55,62-63H,7-15,19,22-23H2,1-6H3,(H,44,56)(H,45,58)(H,46,59)(H,47,57)(H,60,61)/p-1/t24-,25-,26+,31-,33-,37-/m1/s1. The number of amides is 6. The van der Waals surface area contributed by atoms with Crippen LogP contribution in [0.5, 0.6) is 11.5 Å². The molecule has 2 aromatic rings. The largest absolute Gasteiger partial charge is 0.871 e. The van der Waals surface area contributed by atoms with Crippen molar-refractivity contribution < 1.29 is 64.4 Å². The molecule has 3 rings (SSSR count). The number of phenols is 1. The van der Waals surface area contributed by atoms with Crippen molar-refractivity contribution in [2.24, 2.45) is 5.92 Å². The van der Waals surface area contributed by atoms with Crippen LogP contribution < -0.4 is 31.6 Å². The van der Waals surface area contributed by atoms with Crippen LogP contribution in [0, 0.1) is 5.92 Å². The predicted octanol–water partition coefficient (Wildman–Crippen LogP) is 1.45. The summed E-state index contributed by atoms with van der Waals surface area (Å²) in [4.78, 5) is 94.0. The van der Waals surface area contributed by atoms with Crippen LogP contribution >= 0.6 is 0 Å². The van der Waals surface area contributed by atoms with Crippen LogP contribution in [0.3, 0.4) is 0 Å². The molecule has 0 saturated heterocycles. The van der Waals surface area contributed by atoms with Crippen LogP contribution in [-0.4, -0.2) is 128 Å². The van der Waals surface area contributed by atoms with E-state index in [-0.39, 0.29) is 34.6 Å². The van der Waals surface area contributed by atoms with Gasteiger partial charge in [-0.1, -0.05) is 76.7 Å². The minimum atomic E-state index is -1.63. The number of aliphatic carboxylic acids is 1. The molecular formula is C43H62N7O13-. The van der Waals surface area contributed by atoms with E-state index in [1.54, 1.807) is 0 Å². The van der Waals surface area contributed by atoms with Crippen molar-refractivity contribution in [2.75, 3.05) is 32.5 Å². The number of nitrogens with one attached hydrogen (secondary N) is 4. The molecule has 0 saturated carbocycles. The summed E-state index contributed by atoms with van der Waals surface area (Å²) in [6.07, 6.45) is 7.96. The second kappa shape index (κ2) is 24.0. The number of benzene rings is 2. The fraction of sp³-hybridized carbons (Fsp3) is 0.558. The van der Waals surface area contributed by atoms with Gasteiger partial charge in [0.15, 0.2) is 0 Å². The summed E-state index contributed by atoms with van der Waals surface area (Å²) in [5.74, 6) is -7.05. The molecule has 1 aliphatic heterocycles. The monoisotopic (exact) mass is 884 g/mol. The molecule has 20 heteroatoms. The molecule has 63 heavy (non-hydrogen) atoms. The molecule has 1 heterocycles. The molecule has 2 aromatic carbocycles. The molecular weight excluding hydrogens is 823 g/mol. The molecule has 0 spiro atoms. The average Bonchev–Trinajstić information content (AvgIpc) is 3.23. The molecule has 20 nitrogen and oxygen atoms in total. The number of hydrogen-bond acceptors (Lipinski definition) is 13. The van der Waals surface area contributed by atoms with Crippen LogP contribution in [0.15, 0.2) is 30.3 Å². The number of carboxylic acid groups (broad SMARTS) is 1. The van der Waals surface area contributed by atoms with Gasteiger partial charge < -0.3 is 51.5 Å². The number of unbranched alkanes of at least 4 members (excludes halogenated alkanes) is 5. The van der Waals surface area contributed by atoms with Crippen LogP contribution in [0.25, 0.3) is 11.1 Å². The highest BCUT2D eigenvalue weighted by atomic mass is 16.8. The number of likely N-dealkylation sites (N-methyl/N-ethyl adjacent to an activating group) is 2. The molecule has 6 amide bonds. The maximum Gasteiger partial charge on any atom is 0.326 e. The number of carbonyl (C=O) groups excluding carboxylic acids is 6. The van der Waals surface area contributed by atoms with Gasteiger partial charge in [0.2, 0.25) is 35.4 Å². The predicted molar refractivity (Wildman–Crippen MR) is 226 cm³/mol. The Morgan fingerprint density at radius 1 is 0.889 bits per heavy atom. The molecule has 9 N–H and O–H groups in total. The number of aliphatic hydroxyl groups is 1. The maximum absolute atomic E-state index is 13.9. The first-order chi connectivity index (χ1) is 29.7. The Hall–Kier alpha value is -5.99. The maximum atomic E-state index is 13.9. The topological polar surface area (TPSA) is 302 Å². The zero-order valence-electron chi connectivity index (χ0n) is 36.7. The average molecular weight is 885 g/mol. The zero-order valence-corrected chi connectivity index (χ0v) is 36.7. The Bertz CT molecular complexity index is 1960. The Labute approximate surface area is 366 Å². The third kappa shape index (κ3) is 14.3. The number of carbonyl (C=O) groups is 7. The molecule has 0 fully saturated rings. The summed E-state index contributed by atoms with van der Waals surface area (Å²) in [7, 11) is 2.59. The summed E-state index contributed by atoms with van der Waals surface area (Å²) >= 11 is 0. The van der Waals surface area contributed by atoms with Crippen molar-refractivity contribution in [1.82, 2.24) is 31.1 Å². The van der Waals surface area contributed by atoms with Crippen LogP contribution in [0.2, 0.25) is 0 Å². The minimum Gasteiger partial charge on any atom is -0.871 e. The normalized spacial score (nSPS) is 17.8. The van der Waals surface area contributed by atoms with Gasteiger partial charge in [0.05, 0.1) is 18.8 Å². The fourth-order valence-electron chi connectivity index (χ4n) is 7.09. The summed E-state index contributed by atoms with van der Waals surface area (Å²) < 4.78 is 0. The molecule has 1 aliphatic rings. The highest BCUT2D eigenvalue weighted by molar-refractivity contribution is 5.96. The van der Waals surface area contributed by atoms with E-state index in [4.69, 9.17) is 0 Å². The van der Waals surface area contributed by atoms with E-state index in [0.717, 1.165) is 53.5 Å². The number of aliphatic hydroxyl groups excluding tert-OH is 1. The van der Waals surface area contributed by atoms with Gasteiger partial charge in [-0.25, -0.2) is 4.79 Å². The third-order valence-electron chi connectivity index (χ3n) is 11.3. The minimum absolute atomic E-state index is 0.00592. The van der Waals surface area contributed by atoms with Crippen LogP contribution in [-0.2, 0) is 40.0 Å². The van der Waals surface area contributed by atoms with Gasteiger partial charge in [0.1, 0.15) is 36.0 Å². The number of nitrogens with zero attached hydrogens (tertiary/aromatic N) is 3. The number of hydrogen-bond donors (Lipinski definition) is 9. The van der Waals surface area contributed by atoms with Crippen molar-refractivity contribution in [3.8, 4) is 22.6 Å². The lowest BCUT2D eigenvalue weighted by atomic mass is 9.93. The zero-order chi connectivity index (χ0) is 47.1. The van der Waals surface area contributed by atoms with E-state index in [0.29, 0.717) is 6.42 Å². The Morgan fingerprint density at radius 3 is 2.16 bits per heavy atom. The Morgan fingerprint density at radius 2 is 1.54 bits per heavy atom. The van der Waals surface area contributed by atoms with Crippen molar-refractivity contribution >= 4 is 47.1 Å². The van der Waals surface area contributed by atoms with E-state index < -0.39 is 108 Å². The Balaban J connectivity index is 1.75. The molecule has 6 atom stereocenters. The van der Waals surface area contributed by atoms with E-state index in [2.05, 4.69) is 35.1 Å².